The molecule has 1 atom stereocenters. The fourth-order valence-corrected chi connectivity index (χ4v) is 5.31. The standard InChI is InChI=1S/C25H24Cl2N4O/c26-14-2-4-21-17(10-14)19-12-20-18-11-15(27)3-5-22(18)30-24(20)25(23(19)29-21)32-9-1-7-31-8-6-16(28)13-31/h2-5,10-12,16,29-30H,1,6-9,13,28H2/t16-/m0/s1. The molecule has 6 rings (SSSR count). The molecule has 1 saturated heterocycles. The Morgan fingerprint density at radius 1 is 0.906 bits per heavy atom. The summed E-state index contributed by atoms with van der Waals surface area (Å²) in [5.41, 5.74) is 10.1. The van der Waals surface area contributed by atoms with Gasteiger partial charge >= 0.3 is 0 Å². The monoisotopic (exact) mass is 466 g/mol. The van der Waals surface area contributed by atoms with E-state index in [1.807, 2.05) is 36.4 Å². The molecule has 4 N–H and O–H groups in total. The van der Waals surface area contributed by atoms with Crippen LogP contribution in [-0.2, 0) is 0 Å². The van der Waals surface area contributed by atoms with Crippen molar-refractivity contribution in [3.05, 3.63) is 52.5 Å². The summed E-state index contributed by atoms with van der Waals surface area (Å²) >= 11 is 12.6. The molecule has 0 spiro atoms. The minimum atomic E-state index is 0.306. The van der Waals surface area contributed by atoms with Gasteiger partial charge in [0, 0.05) is 61.8 Å². The van der Waals surface area contributed by atoms with Crippen molar-refractivity contribution < 1.29 is 4.74 Å². The Labute approximate surface area is 195 Å². The number of hydrogen-bond donors (Lipinski definition) is 3. The first-order chi connectivity index (χ1) is 15.6. The molecule has 2 aromatic heterocycles. The summed E-state index contributed by atoms with van der Waals surface area (Å²) in [5.74, 6) is 0.843. The molecule has 3 heterocycles. The minimum Gasteiger partial charge on any atom is -0.489 e. The van der Waals surface area contributed by atoms with E-state index < -0.39 is 0 Å². The fraction of sp³-hybridized carbons (Fsp3) is 0.280. The molecule has 1 aliphatic heterocycles. The van der Waals surface area contributed by atoms with E-state index in [2.05, 4.69) is 20.9 Å². The Morgan fingerprint density at radius 2 is 1.53 bits per heavy atom. The van der Waals surface area contributed by atoms with Gasteiger partial charge in [0.2, 0.25) is 0 Å². The van der Waals surface area contributed by atoms with Gasteiger partial charge in [0.25, 0.3) is 0 Å². The minimum absolute atomic E-state index is 0.306. The van der Waals surface area contributed by atoms with E-state index in [4.69, 9.17) is 33.7 Å². The Hall–Kier alpha value is -2.44. The number of nitrogens with zero attached hydrogens (tertiary/aromatic N) is 1. The summed E-state index contributed by atoms with van der Waals surface area (Å²) in [7, 11) is 0. The van der Waals surface area contributed by atoms with Crippen LogP contribution in [0.1, 0.15) is 12.8 Å². The van der Waals surface area contributed by atoms with E-state index in [1.165, 1.54) is 0 Å². The van der Waals surface area contributed by atoms with Gasteiger partial charge in [0.15, 0.2) is 5.75 Å². The van der Waals surface area contributed by atoms with Gasteiger partial charge in [0.1, 0.15) is 0 Å². The summed E-state index contributed by atoms with van der Waals surface area (Å²) in [4.78, 5) is 9.52. The molecule has 0 amide bonds. The number of aromatic amines is 2. The molecule has 0 saturated carbocycles. The highest BCUT2D eigenvalue weighted by atomic mass is 35.5. The molecule has 1 aliphatic rings. The van der Waals surface area contributed by atoms with E-state index in [-0.39, 0.29) is 0 Å². The number of hydrogen-bond acceptors (Lipinski definition) is 3. The number of benzene rings is 3. The third-order valence-electron chi connectivity index (χ3n) is 6.52. The van der Waals surface area contributed by atoms with Crippen LogP contribution in [-0.4, -0.2) is 47.2 Å². The number of aromatic nitrogens is 2. The summed E-state index contributed by atoms with van der Waals surface area (Å²) in [5, 5.41) is 5.79. The van der Waals surface area contributed by atoms with Crippen molar-refractivity contribution in [3.8, 4) is 5.75 Å². The third-order valence-corrected chi connectivity index (χ3v) is 6.99. The van der Waals surface area contributed by atoms with Crippen LogP contribution in [0.3, 0.4) is 0 Å². The van der Waals surface area contributed by atoms with Crippen molar-refractivity contribution in [2.75, 3.05) is 26.2 Å². The molecular weight excluding hydrogens is 443 g/mol. The average molecular weight is 467 g/mol. The summed E-state index contributed by atoms with van der Waals surface area (Å²) in [6.07, 6.45) is 2.03. The topological polar surface area (TPSA) is 70.1 Å². The van der Waals surface area contributed by atoms with Gasteiger partial charge in [-0.1, -0.05) is 23.2 Å². The molecule has 164 valence electrons. The van der Waals surface area contributed by atoms with Crippen molar-refractivity contribution in [2.45, 2.75) is 18.9 Å². The average Bonchev–Trinajstić information content (AvgIpc) is 3.46. The van der Waals surface area contributed by atoms with Crippen molar-refractivity contribution in [2.24, 2.45) is 5.73 Å². The molecule has 7 heteroatoms. The zero-order valence-electron chi connectivity index (χ0n) is 17.6. The van der Waals surface area contributed by atoms with E-state index >= 15 is 0 Å². The highest BCUT2D eigenvalue weighted by Crippen LogP contribution is 2.41. The number of nitrogens with one attached hydrogen (secondary N) is 2. The zero-order valence-corrected chi connectivity index (χ0v) is 19.1. The number of fused-ring (bicyclic) bond motifs is 6. The Morgan fingerprint density at radius 3 is 2.09 bits per heavy atom. The summed E-state index contributed by atoms with van der Waals surface area (Å²) in [6.45, 7) is 3.68. The van der Waals surface area contributed by atoms with Crippen LogP contribution < -0.4 is 10.5 Å². The van der Waals surface area contributed by atoms with E-state index in [1.54, 1.807) is 0 Å². The SMILES string of the molecule is N[C@H]1CCN(CCCOc2c3[nH]c4ccc(Cl)cc4c3cc3c2[nH]c2ccc(Cl)cc23)C1. The molecule has 0 aliphatic carbocycles. The van der Waals surface area contributed by atoms with Gasteiger partial charge in [-0.25, -0.2) is 0 Å². The van der Waals surface area contributed by atoms with Gasteiger partial charge in [-0.15, -0.1) is 0 Å². The van der Waals surface area contributed by atoms with Crippen molar-refractivity contribution in [1.82, 2.24) is 14.9 Å². The normalized spacial score (nSPS) is 17.4. The van der Waals surface area contributed by atoms with Crippen LogP contribution in [0.5, 0.6) is 5.75 Å². The molecule has 5 nitrogen and oxygen atoms in total. The number of halogens is 2. The van der Waals surface area contributed by atoms with E-state index in [0.29, 0.717) is 22.7 Å². The lowest BCUT2D eigenvalue weighted by Crippen LogP contribution is -2.28. The van der Waals surface area contributed by atoms with Crippen molar-refractivity contribution >= 4 is 66.8 Å². The van der Waals surface area contributed by atoms with Crippen LogP contribution in [0.2, 0.25) is 10.0 Å². The lowest BCUT2D eigenvalue weighted by atomic mass is 10.1. The highest BCUT2D eigenvalue weighted by Gasteiger charge is 2.20. The second-order valence-corrected chi connectivity index (χ2v) is 9.60. The first-order valence-electron chi connectivity index (χ1n) is 11.0. The predicted octanol–water partition coefficient (Wildman–Crippen LogP) is 6.06. The van der Waals surface area contributed by atoms with Crippen LogP contribution in [0, 0.1) is 0 Å². The first-order valence-corrected chi connectivity index (χ1v) is 11.8. The maximum atomic E-state index is 6.45. The second-order valence-electron chi connectivity index (χ2n) is 8.73. The molecule has 32 heavy (non-hydrogen) atoms. The predicted molar refractivity (Wildman–Crippen MR) is 134 cm³/mol. The van der Waals surface area contributed by atoms with Gasteiger partial charge in [0.05, 0.1) is 17.6 Å². The summed E-state index contributed by atoms with van der Waals surface area (Å²) < 4.78 is 6.45. The smallest absolute Gasteiger partial charge is 0.167 e. The van der Waals surface area contributed by atoms with Gasteiger partial charge in [-0.05, 0) is 61.9 Å². The Balaban J connectivity index is 1.45. The number of rotatable bonds is 5. The fourth-order valence-electron chi connectivity index (χ4n) is 4.97. The van der Waals surface area contributed by atoms with Gasteiger partial charge < -0.3 is 25.3 Å². The van der Waals surface area contributed by atoms with Crippen LogP contribution in [0.15, 0.2) is 42.5 Å². The number of likely N-dealkylation sites (tertiary alicyclic amines) is 1. The Kier molecular flexibility index (Phi) is 4.95. The highest BCUT2D eigenvalue weighted by molar-refractivity contribution is 6.33. The number of nitrogens with two attached hydrogens (primary N) is 1. The lowest BCUT2D eigenvalue weighted by Gasteiger charge is -2.15. The maximum absolute atomic E-state index is 6.45. The van der Waals surface area contributed by atoms with Crippen LogP contribution in [0.4, 0.5) is 0 Å². The zero-order chi connectivity index (χ0) is 21.8. The first kappa shape index (κ1) is 20.2. The number of ether oxygens (including phenoxy) is 1. The summed E-state index contributed by atoms with van der Waals surface area (Å²) in [6, 6.07) is 14.4. The van der Waals surface area contributed by atoms with Crippen molar-refractivity contribution in [3.63, 3.8) is 0 Å². The molecule has 1 fully saturated rings. The molecular formula is C25H24Cl2N4O. The molecule has 0 radical (unpaired) electrons. The van der Waals surface area contributed by atoms with E-state index in [9.17, 15) is 0 Å². The van der Waals surface area contributed by atoms with Crippen LogP contribution >= 0.6 is 23.2 Å². The molecule has 0 bridgehead atoms. The maximum Gasteiger partial charge on any atom is 0.167 e. The van der Waals surface area contributed by atoms with Crippen molar-refractivity contribution in [1.29, 1.82) is 0 Å². The lowest BCUT2D eigenvalue weighted by molar-refractivity contribution is 0.265. The second kappa shape index (κ2) is 7.85. The largest absolute Gasteiger partial charge is 0.489 e. The molecule has 3 aromatic carbocycles. The Bertz CT molecular complexity index is 1380. The van der Waals surface area contributed by atoms with Gasteiger partial charge in [-0.3, -0.25) is 0 Å². The quantitative estimate of drug-likeness (QED) is 0.275. The number of H-pyrrole nitrogens is 2. The van der Waals surface area contributed by atoms with Gasteiger partial charge in [-0.2, -0.15) is 0 Å². The molecule has 0 unspecified atom stereocenters. The van der Waals surface area contributed by atoms with Crippen LogP contribution in [0.25, 0.3) is 43.6 Å². The van der Waals surface area contributed by atoms with E-state index in [0.717, 1.165) is 81.8 Å². The third kappa shape index (κ3) is 3.41. The molecule has 5 aromatic rings.